The number of hydrogen-bond donors (Lipinski definition) is 3. The summed E-state index contributed by atoms with van der Waals surface area (Å²) in [6.07, 6.45) is 0.619. The molecule has 0 bridgehead atoms. The van der Waals surface area contributed by atoms with Crippen molar-refractivity contribution in [2.45, 2.75) is 18.4 Å². The van der Waals surface area contributed by atoms with Gasteiger partial charge in [0.15, 0.2) is 5.54 Å². The van der Waals surface area contributed by atoms with Gasteiger partial charge >= 0.3 is 6.03 Å². The summed E-state index contributed by atoms with van der Waals surface area (Å²) in [6, 6.07) is 8.54. The summed E-state index contributed by atoms with van der Waals surface area (Å²) in [4.78, 5) is 34.2. The Morgan fingerprint density at radius 1 is 1.00 bits per heavy atom. The van der Waals surface area contributed by atoms with Gasteiger partial charge in [-0.15, -0.1) is 0 Å². The Morgan fingerprint density at radius 2 is 1.56 bits per heavy atom. The maximum atomic E-state index is 11.6. The average Bonchev–Trinajstić information content (AvgIpc) is 2.35. The summed E-state index contributed by atoms with van der Waals surface area (Å²) in [6.45, 7) is 0. The van der Waals surface area contributed by atoms with Gasteiger partial charge < -0.3 is 5.73 Å². The molecule has 1 aliphatic rings. The molecule has 6 heteroatoms. The summed E-state index contributed by atoms with van der Waals surface area (Å²) in [7, 11) is 0. The summed E-state index contributed by atoms with van der Waals surface area (Å²) in [5, 5.41) is 4.00. The Hall–Kier alpha value is -2.21. The molecule has 1 saturated heterocycles. The molecule has 0 aromatic heterocycles. The standard InChI is InChI=1S/C12H13N3O3/c13-12(7-6-8-4-2-1-3-5-8)9(16)14-11(18)15-10(12)17/h1-5H,6-7,13H2,(H2,14,15,16,17,18). The zero-order valence-corrected chi connectivity index (χ0v) is 9.60. The number of carbonyl (C=O) groups excluding carboxylic acids is 3. The van der Waals surface area contributed by atoms with Crippen molar-refractivity contribution >= 4 is 17.8 Å². The molecule has 1 aromatic carbocycles. The molecule has 6 nitrogen and oxygen atoms in total. The van der Waals surface area contributed by atoms with E-state index in [0.717, 1.165) is 5.56 Å². The first-order valence-corrected chi connectivity index (χ1v) is 5.52. The molecule has 0 atom stereocenters. The molecule has 4 N–H and O–H groups in total. The van der Waals surface area contributed by atoms with Crippen molar-refractivity contribution in [1.29, 1.82) is 0 Å². The summed E-state index contributed by atoms with van der Waals surface area (Å²) < 4.78 is 0. The number of urea groups is 1. The lowest BCUT2D eigenvalue weighted by molar-refractivity contribution is -0.138. The first-order chi connectivity index (χ1) is 8.52. The van der Waals surface area contributed by atoms with E-state index in [1.807, 2.05) is 41.0 Å². The van der Waals surface area contributed by atoms with Gasteiger partial charge in [-0.2, -0.15) is 0 Å². The van der Waals surface area contributed by atoms with Crippen LogP contribution in [0.15, 0.2) is 30.3 Å². The molecule has 0 unspecified atom stereocenters. The van der Waals surface area contributed by atoms with E-state index < -0.39 is 23.4 Å². The van der Waals surface area contributed by atoms with E-state index in [2.05, 4.69) is 0 Å². The summed E-state index contributed by atoms with van der Waals surface area (Å²) in [5.41, 5.74) is 5.06. The van der Waals surface area contributed by atoms with Crippen LogP contribution >= 0.6 is 0 Å². The minimum Gasteiger partial charge on any atom is -0.309 e. The lowest BCUT2D eigenvalue weighted by Gasteiger charge is -2.30. The van der Waals surface area contributed by atoms with Crippen LogP contribution in [0.2, 0.25) is 0 Å². The Bertz CT molecular complexity index is 479. The van der Waals surface area contributed by atoms with Crippen LogP contribution in [-0.4, -0.2) is 23.4 Å². The van der Waals surface area contributed by atoms with Crippen LogP contribution < -0.4 is 16.4 Å². The monoisotopic (exact) mass is 247 g/mol. The van der Waals surface area contributed by atoms with E-state index in [9.17, 15) is 14.4 Å². The van der Waals surface area contributed by atoms with Crippen molar-refractivity contribution in [1.82, 2.24) is 10.6 Å². The smallest absolute Gasteiger partial charge is 0.309 e. The first-order valence-electron chi connectivity index (χ1n) is 5.52. The minimum absolute atomic E-state index is 0.141. The van der Waals surface area contributed by atoms with Gasteiger partial charge in [0.2, 0.25) is 0 Å². The highest BCUT2D eigenvalue weighted by atomic mass is 16.2. The van der Waals surface area contributed by atoms with Crippen molar-refractivity contribution in [2.75, 3.05) is 0 Å². The SMILES string of the molecule is NC1(CCc2ccccc2)C(=O)NC(=O)NC1=O. The summed E-state index contributed by atoms with van der Waals surface area (Å²) >= 11 is 0. The number of rotatable bonds is 3. The molecule has 1 aliphatic heterocycles. The molecule has 0 radical (unpaired) electrons. The third-order valence-electron chi connectivity index (χ3n) is 2.92. The van der Waals surface area contributed by atoms with Crippen LogP contribution in [0.1, 0.15) is 12.0 Å². The van der Waals surface area contributed by atoms with Crippen LogP contribution in [0, 0.1) is 0 Å². The number of benzene rings is 1. The van der Waals surface area contributed by atoms with Gasteiger partial charge in [-0.3, -0.25) is 20.2 Å². The second kappa shape index (κ2) is 4.58. The lowest BCUT2D eigenvalue weighted by atomic mass is 9.89. The van der Waals surface area contributed by atoms with Crippen LogP contribution in [0.3, 0.4) is 0 Å². The first kappa shape index (κ1) is 12.3. The Balaban J connectivity index is 2.09. The number of carbonyl (C=O) groups is 3. The average molecular weight is 247 g/mol. The highest BCUT2D eigenvalue weighted by molar-refractivity contribution is 6.22. The third-order valence-corrected chi connectivity index (χ3v) is 2.92. The zero-order chi connectivity index (χ0) is 13.2. The van der Waals surface area contributed by atoms with Gasteiger partial charge in [-0.25, -0.2) is 4.79 Å². The fourth-order valence-electron chi connectivity index (χ4n) is 1.78. The predicted molar refractivity (Wildman–Crippen MR) is 63.4 cm³/mol. The van der Waals surface area contributed by atoms with E-state index in [0.29, 0.717) is 6.42 Å². The number of amides is 4. The van der Waals surface area contributed by atoms with Crippen LogP contribution in [0.5, 0.6) is 0 Å². The van der Waals surface area contributed by atoms with Gasteiger partial charge in [0, 0.05) is 0 Å². The fraction of sp³-hybridized carbons (Fsp3) is 0.250. The number of barbiturate groups is 1. The largest absolute Gasteiger partial charge is 0.328 e. The molecular formula is C12H13N3O3. The molecule has 4 amide bonds. The van der Waals surface area contributed by atoms with Gasteiger partial charge in [-0.05, 0) is 18.4 Å². The van der Waals surface area contributed by atoms with Crippen LogP contribution in [0.25, 0.3) is 0 Å². The molecule has 1 fully saturated rings. The molecule has 94 valence electrons. The second-order valence-corrected chi connectivity index (χ2v) is 4.19. The van der Waals surface area contributed by atoms with Crippen LogP contribution in [-0.2, 0) is 16.0 Å². The zero-order valence-electron chi connectivity index (χ0n) is 9.60. The van der Waals surface area contributed by atoms with Gasteiger partial charge in [0.1, 0.15) is 0 Å². The van der Waals surface area contributed by atoms with E-state index in [1.165, 1.54) is 0 Å². The lowest BCUT2D eigenvalue weighted by Crippen LogP contribution is -2.71. The number of aryl methyl sites for hydroxylation is 1. The molecule has 0 saturated carbocycles. The van der Waals surface area contributed by atoms with Crippen molar-refractivity contribution in [2.24, 2.45) is 5.73 Å². The quantitative estimate of drug-likeness (QED) is 0.637. The topological polar surface area (TPSA) is 101 Å². The number of imide groups is 2. The molecule has 18 heavy (non-hydrogen) atoms. The van der Waals surface area contributed by atoms with E-state index in [4.69, 9.17) is 5.73 Å². The van der Waals surface area contributed by atoms with Gasteiger partial charge in [0.25, 0.3) is 11.8 Å². The Kier molecular flexibility index (Phi) is 3.12. The number of nitrogens with two attached hydrogens (primary N) is 1. The normalized spacial score (nSPS) is 18.2. The Morgan fingerprint density at radius 3 is 2.11 bits per heavy atom. The second-order valence-electron chi connectivity index (χ2n) is 4.19. The van der Waals surface area contributed by atoms with E-state index >= 15 is 0 Å². The van der Waals surface area contributed by atoms with Crippen molar-refractivity contribution in [3.63, 3.8) is 0 Å². The maximum absolute atomic E-state index is 11.6. The number of nitrogens with one attached hydrogen (secondary N) is 2. The molecule has 1 heterocycles. The van der Waals surface area contributed by atoms with Crippen molar-refractivity contribution in [3.8, 4) is 0 Å². The highest BCUT2D eigenvalue weighted by Gasteiger charge is 2.46. The van der Waals surface area contributed by atoms with Crippen molar-refractivity contribution in [3.05, 3.63) is 35.9 Å². The Labute approximate surface area is 104 Å². The highest BCUT2D eigenvalue weighted by Crippen LogP contribution is 2.15. The summed E-state index contributed by atoms with van der Waals surface area (Å²) in [5.74, 6) is -1.51. The fourth-order valence-corrected chi connectivity index (χ4v) is 1.78. The molecule has 0 aliphatic carbocycles. The molecule has 2 rings (SSSR count). The van der Waals surface area contributed by atoms with E-state index in [-0.39, 0.29) is 6.42 Å². The molecule has 0 spiro atoms. The molecule has 1 aromatic rings. The maximum Gasteiger partial charge on any atom is 0.328 e. The van der Waals surface area contributed by atoms with Gasteiger partial charge in [-0.1, -0.05) is 30.3 Å². The predicted octanol–water partition coefficient (Wildman–Crippen LogP) is -0.317. The van der Waals surface area contributed by atoms with Crippen molar-refractivity contribution < 1.29 is 14.4 Å². The molecular weight excluding hydrogens is 234 g/mol. The minimum atomic E-state index is -1.69. The number of hydrogen-bond acceptors (Lipinski definition) is 4. The van der Waals surface area contributed by atoms with Crippen LogP contribution in [0.4, 0.5) is 4.79 Å². The van der Waals surface area contributed by atoms with E-state index in [1.54, 1.807) is 0 Å². The third kappa shape index (κ3) is 2.23. The van der Waals surface area contributed by atoms with Gasteiger partial charge in [0.05, 0.1) is 0 Å².